The third kappa shape index (κ3) is 4.17. The van der Waals surface area contributed by atoms with Crippen LogP contribution >= 0.6 is 55.8 Å². The van der Waals surface area contributed by atoms with Crippen LogP contribution in [0.1, 0.15) is 11.1 Å². The lowest BCUT2D eigenvalue weighted by atomic mass is 10.2. The first-order valence-electron chi connectivity index (χ1n) is 7.14. The van der Waals surface area contributed by atoms with Crippen LogP contribution in [0.15, 0.2) is 55.4 Å². The minimum absolute atomic E-state index is 0.0389. The molecule has 2 aromatic carbocycles. The van der Waals surface area contributed by atoms with Crippen molar-refractivity contribution in [1.29, 1.82) is 0 Å². The predicted octanol–water partition coefficient (Wildman–Crippen LogP) is 4.86. The van der Waals surface area contributed by atoms with Crippen LogP contribution in [0.5, 0.6) is 11.5 Å². The van der Waals surface area contributed by atoms with Gasteiger partial charge in [-0.05, 0) is 54.7 Å². The summed E-state index contributed by atoms with van der Waals surface area (Å²) < 4.78 is 1.81. The summed E-state index contributed by atoms with van der Waals surface area (Å²) in [6, 6.07) is 9.82. The number of amides is 1. The van der Waals surface area contributed by atoms with E-state index in [1.165, 1.54) is 18.3 Å². The first-order valence-corrected chi connectivity index (χ1v) is 9.95. The fraction of sp³-hybridized carbons (Fsp3) is 0. The molecule has 9 heteroatoms. The van der Waals surface area contributed by atoms with Crippen molar-refractivity contribution in [3.63, 3.8) is 0 Å². The second kappa shape index (κ2) is 7.91. The number of carbonyl (C=O) groups excluding carboxylic acids is 1. The summed E-state index contributed by atoms with van der Waals surface area (Å²) in [5.74, 6) is -0.303. The average molecular weight is 514 g/mol. The number of nitrogens with zero attached hydrogens (tertiary/aromatic N) is 2. The van der Waals surface area contributed by atoms with Gasteiger partial charge in [-0.1, -0.05) is 43.6 Å². The van der Waals surface area contributed by atoms with Gasteiger partial charge >= 0.3 is 0 Å². The first kappa shape index (κ1) is 19.1. The van der Waals surface area contributed by atoms with Crippen molar-refractivity contribution in [1.82, 2.24) is 5.01 Å². The van der Waals surface area contributed by atoms with Gasteiger partial charge in [-0.3, -0.25) is 4.79 Å². The quantitative estimate of drug-likeness (QED) is 0.348. The molecule has 0 aliphatic carbocycles. The molecule has 0 aromatic heterocycles. The molecule has 0 radical (unpaired) electrons. The van der Waals surface area contributed by atoms with E-state index in [1.54, 1.807) is 30.3 Å². The summed E-state index contributed by atoms with van der Waals surface area (Å²) in [5.41, 5.74) is 0.940. The zero-order valence-electron chi connectivity index (χ0n) is 12.9. The van der Waals surface area contributed by atoms with Crippen LogP contribution in [0, 0.1) is 0 Å². The molecule has 1 saturated heterocycles. The van der Waals surface area contributed by atoms with Gasteiger partial charge in [-0.2, -0.15) is 10.1 Å². The molecule has 26 heavy (non-hydrogen) atoms. The second-order valence-electron chi connectivity index (χ2n) is 5.14. The van der Waals surface area contributed by atoms with Crippen LogP contribution < -0.4 is 0 Å². The van der Waals surface area contributed by atoms with E-state index in [9.17, 15) is 15.0 Å². The van der Waals surface area contributed by atoms with Crippen molar-refractivity contribution in [2.45, 2.75) is 0 Å². The van der Waals surface area contributed by atoms with Crippen LogP contribution in [0.25, 0.3) is 6.08 Å². The fourth-order valence-corrected chi connectivity index (χ4v) is 4.01. The first-order chi connectivity index (χ1) is 12.3. The van der Waals surface area contributed by atoms with Crippen molar-refractivity contribution in [2.75, 3.05) is 0 Å². The normalized spacial score (nSPS) is 16.2. The van der Waals surface area contributed by atoms with Crippen LogP contribution in [-0.4, -0.2) is 31.7 Å². The van der Waals surface area contributed by atoms with Gasteiger partial charge in [0, 0.05) is 20.1 Å². The monoisotopic (exact) mass is 512 g/mol. The lowest BCUT2D eigenvalue weighted by molar-refractivity contribution is -0.122. The molecule has 1 aliphatic heterocycles. The van der Waals surface area contributed by atoms with E-state index in [4.69, 9.17) is 12.2 Å². The summed E-state index contributed by atoms with van der Waals surface area (Å²) in [7, 11) is 0. The Balaban J connectivity index is 1.87. The van der Waals surface area contributed by atoms with E-state index in [-0.39, 0.29) is 15.8 Å². The van der Waals surface area contributed by atoms with E-state index < -0.39 is 5.91 Å². The van der Waals surface area contributed by atoms with Crippen molar-refractivity contribution < 1.29 is 15.0 Å². The molecule has 3 rings (SSSR count). The molecule has 0 unspecified atom stereocenters. The van der Waals surface area contributed by atoms with Crippen LogP contribution in [0.2, 0.25) is 0 Å². The number of aromatic hydroxyl groups is 2. The molecule has 5 nitrogen and oxygen atoms in total. The van der Waals surface area contributed by atoms with Gasteiger partial charge in [0.25, 0.3) is 5.91 Å². The molecular weight excluding hydrogens is 504 g/mol. The lowest BCUT2D eigenvalue weighted by Crippen LogP contribution is -2.22. The molecule has 1 amide bonds. The summed E-state index contributed by atoms with van der Waals surface area (Å²) >= 11 is 12.9. The van der Waals surface area contributed by atoms with Crippen molar-refractivity contribution >= 4 is 78.4 Å². The molecule has 0 saturated carbocycles. The van der Waals surface area contributed by atoms with Gasteiger partial charge in [-0.25, -0.2) is 0 Å². The van der Waals surface area contributed by atoms with Gasteiger partial charge in [-0.15, -0.1) is 0 Å². The summed E-state index contributed by atoms with van der Waals surface area (Å²) in [4.78, 5) is 12.9. The Morgan fingerprint density at radius 3 is 2.27 bits per heavy atom. The smallest absolute Gasteiger partial charge is 0.286 e. The van der Waals surface area contributed by atoms with E-state index >= 15 is 0 Å². The predicted molar refractivity (Wildman–Crippen MR) is 114 cm³/mol. The van der Waals surface area contributed by atoms with Crippen LogP contribution in [0.4, 0.5) is 0 Å². The lowest BCUT2D eigenvalue weighted by Gasteiger charge is -2.07. The number of thioether (sulfide) groups is 1. The topological polar surface area (TPSA) is 73.1 Å². The average Bonchev–Trinajstić information content (AvgIpc) is 2.85. The number of benzene rings is 2. The van der Waals surface area contributed by atoms with Gasteiger partial charge in [0.2, 0.25) is 0 Å². The maximum Gasteiger partial charge on any atom is 0.286 e. The van der Waals surface area contributed by atoms with Gasteiger partial charge in [0.15, 0.2) is 4.32 Å². The number of halogens is 2. The number of carbonyl (C=O) groups is 1. The highest BCUT2D eigenvalue weighted by Gasteiger charge is 2.32. The highest BCUT2D eigenvalue weighted by atomic mass is 79.9. The number of hydrazone groups is 1. The summed E-state index contributed by atoms with van der Waals surface area (Å²) in [5, 5.41) is 25.0. The number of hydrogen-bond acceptors (Lipinski definition) is 6. The maximum atomic E-state index is 12.6. The van der Waals surface area contributed by atoms with E-state index in [0.717, 1.165) is 25.7 Å². The Bertz CT molecular complexity index is 976. The Morgan fingerprint density at radius 2 is 1.62 bits per heavy atom. The van der Waals surface area contributed by atoms with Crippen molar-refractivity contribution in [3.05, 3.63) is 61.4 Å². The minimum Gasteiger partial charge on any atom is -0.507 e. The SMILES string of the molecule is O=C1C(=Cc2cc(Br)ccc2O)SC(=S)N1N=Cc1cc(Br)ccc1O. The third-order valence-corrected chi connectivity index (χ3v) is 5.62. The summed E-state index contributed by atoms with van der Waals surface area (Å²) in [6.07, 6.45) is 2.93. The van der Waals surface area contributed by atoms with Crippen molar-refractivity contribution in [3.8, 4) is 11.5 Å². The molecule has 1 heterocycles. The highest BCUT2D eigenvalue weighted by molar-refractivity contribution is 9.10. The summed E-state index contributed by atoms with van der Waals surface area (Å²) in [6.45, 7) is 0. The zero-order valence-corrected chi connectivity index (χ0v) is 17.7. The number of rotatable bonds is 3. The molecule has 0 spiro atoms. The number of phenols is 2. The fourth-order valence-electron chi connectivity index (χ4n) is 2.09. The zero-order chi connectivity index (χ0) is 18.8. The maximum absolute atomic E-state index is 12.6. The standard InChI is InChI=1S/C17H10Br2N2O3S2/c18-11-1-3-13(22)9(5-11)7-15-16(24)21(17(25)26-15)20-8-10-6-12(19)2-4-14(10)23/h1-8,22-23H. The van der Waals surface area contributed by atoms with Gasteiger partial charge in [0.05, 0.1) is 11.1 Å². The van der Waals surface area contributed by atoms with E-state index in [1.807, 2.05) is 0 Å². The Labute approximate surface area is 175 Å². The Kier molecular flexibility index (Phi) is 5.81. The van der Waals surface area contributed by atoms with Crippen LogP contribution in [0.3, 0.4) is 0 Å². The third-order valence-electron chi connectivity index (χ3n) is 3.35. The molecule has 0 bridgehead atoms. The second-order valence-corrected chi connectivity index (χ2v) is 8.65. The Morgan fingerprint density at radius 1 is 1.04 bits per heavy atom. The Hall–Kier alpha value is -1.68. The number of hydrogen-bond donors (Lipinski definition) is 2. The molecule has 2 aromatic rings. The minimum atomic E-state index is -0.398. The molecule has 1 fully saturated rings. The number of phenolic OH excluding ortho intramolecular Hbond substituents is 2. The van der Waals surface area contributed by atoms with Gasteiger partial charge < -0.3 is 10.2 Å². The van der Waals surface area contributed by atoms with E-state index in [2.05, 4.69) is 37.0 Å². The molecular formula is C17H10Br2N2O3S2. The number of thiocarbonyl (C=S) groups is 1. The van der Waals surface area contributed by atoms with Gasteiger partial charge in [0.1, 0.15) is 11.5 Å². The van der Waals surface area contributed by atoms with Crippen LogP contribution in [-0.2, 0) is 4.79 Å². The molecule has 2 N–H and O–H groups in total. The molecule has 0 atom stereocenters. The largest absolute Gasteiger partial charge is 0.507 e. The molecule has 132 valence electrons. The van der Waals surface area contributed by atoms with E-state index in [0.29, 0.717) is 16.0 Å². The van der Waals surface area contributed by atoms with Crippen molar-refractivity contribution in [2.24, 2.45) is 5.10 Å². The highest BCUT2D eigenvalue weighted by Crippen LogP contribution is 2.35. The molecule has 1 aliphatic rings.